The van der Waals surface area contributed by atoms with Crippen molar-refractivity contribution in [1.29, 1.82) is 0 Å². The highest BCUT2D eigenvalue weighted by molar-refractivity contribution is 5.48. The van der Waals surface area contributed by atoms with E-state index in [-0.39, 0.29) is 5.75 Å². The summed E-state index contributed by atoms with van der Waals surface area (Å²) in [5.74, 6) is 0.188. The van der Waals surface area contributed by atoms with E-state index >= 15 is 0 Å². The maximum Gasteiger partial charge on any atom is 0.573 e. The number of alkyl halides is 3. The summed E-state index contributed by atoms with van der Waals surface area (Å²) in [6.07, 6.45) is -2.71. The number of anilines is 1. The molecule has 1 heterocycles. The van der Waals surface area contributed by atoms with Gasteiger partial charge in [0.05, 0.1) is 0 Å². The second-order valence-electron chi connectivity index (χ2n) is 6.25. The van der Waals surface area contributed by atoms with E-state index in [0.717, 1.165) is 37.1 Å². The molecule has 1 aliphatic heterocycles. The maximum atomic E-state index is 12.2. The van der Waals surface area contributed by atoms with E-state index in [1.54, 1.807) is 12.1 Å². The van der Waals surface area contributed by atoms with Crippen LogP contribution in [0.5, 0.6) is 5.75 Å². The Morgan fingerprint density at radius 3 is 2.08 bits per heavy atom. The standard InChI is InChI=1S/C19H21F3N2O/c20-19(21,22)25-18-7-3-15(4-8-18)16-9-11-24(12-10-16)17-5-1-14(13-23)2-6-17/h1-8,16H,9-13,23H2. The Balaban J connectivity index is 1.58. The van der Waals surface area contributed by atoms with Crippen LogP contribution in [-0.4, -0.2) is 19.5 Å². The zero-order chi connectivity index (χ0) is 17.9. The van der Waals surface area contributed by atoms with E-state index < -0.39 is 6.36 Å². The van der Waals surface area contributed by atoms with Gasteiger partial charge in [0.1, 0.15) is 5.75 Å². The Morgan fingerprint density at radius 2 is 1.56 bits per heavy atom. The molecule has 3 nitrogen and oxygen atoms in total. The fourth-order valence-corrected chi connectivity index (χ4v) is 3.26. The molecule has 0 bridgehead atoms. The van der Waals surface area contributed by atoms with E-state index in [1.165, 1.54) is 17.8 Å². The van der Waals surface area contributed by atoms with Gasteiger partial charge in [0, 0.05) is 25.3 Å². The molecule has 0 amide bonds. The van der Waals surface area contributed by atoms with Gasteiger partial charge in [0.25, 0.3) is 0 Å². The number of hydrogen-bond acceptors (Lipinski definition) is 3. The third-order valence-corrected chi connectivity index (χ3v) is 4.62. The molecule has 3 rings (SSSR count). The monoisotopic (exact) mass is 350 g/mol. The molecule has 0 unspecified atom stereocenters. The summed E-state index contributed by atoms with van der Waals surface area (Å²) in [5, 5.41) is 0. The molecule has 6 heteroatoms. The van der Waals surface area contributed by atoms with Gasteiger partial charge in [-0.05, 0) is 54.2 Å². The molecule has 25 heavy (non-hydrogen) atoms. The summed E-state index contributed by atoms with van der Waals surface area (Å²) < 4.78 is 40.6. The van der Waals surface area contributed by atoms with Crippen molar-refractivity contribution in [3.63, 3.8) is 0 Å². The number of benzene rings is 2. The van der Waals surface area contributed by atoms with E-state index in [4.69, 9.17) is 5.73 Å². The summed E-state index contributed by atoms with van der Waals surface area (Å²) >= 11 is 0. The third kappa shape index (κ3) is 4.66. The zero-order valence-electron chi connectivity index (χ0n) is 13.8. The maximum absolute atomic E-state index is 12.2. The van der Waals surface area contributed by atoms with Gasteiger partial charge in [-0.1, -0.05) is 24.3 Å². The Morgan fingerprint density at radius 1 is 0.960 bits per heavy atom. The van der Waals surface area contributed by atoms with E-state index in [2.05, 4.69) is 21.8 Å². The minimum atomic E-state index is -4.65. The zero-order valence-corrected chi connectivity index (χ0v) is 13.8. The summed E-state index contributed by atoms with van der Waals surface area (Å²) in [6, 6.07) is 14.5. The van der Waals surface area contributed by atoms with E-state index in [0.29, 0.717) is 12.5 Å². The van der Waals surface area contributed by atoms with Gasteiger partial charge in [0.15, 0.2) is 0 Å². The molecule has 0 radical (unpaired) electrons. The highest BCUT2D eigenvalue weighted by Gasteiger charge is 2.31. The highest BCUT2D eigenvalue weighted by atomic mass is 19.4. The lowest BCUT2D eigenvalue weighted by Gasteiger charge is -2.34. The first-order chi connectivity index (χ1) is 11.9. The van der Waals surface area contributed by atoms with Crippen molar-refractivity contribution in [3.05, 3.63) is 59.7 Å². The number of rotatable bonds is 4. The second-order valence-corrected chi connectivity index (χ2v) is 6.25. The topological polar surface area (TPSA) is 38.5 Å². The Bertz CT molecular complexity index is 675. The van der Waals surface area contributed by atoms with Crippen LogP contribution in [0.3, 0.4) is 0 Å². The summed E-state index contributed by atoms with van der Waals surface area (Å²) in [5.41, 5.74) is 8.98. The van der Waals surface area contributed by atoms with Crippen LogP contribution < -0.4 is 15.4 Å². The van der Waals surface area contributed by atoms with Crippen LogP contribution in [-0.2, 0) is 6.54 Å². The molecule has 1 saturated heterocycles. The van der Waals surface area contributed by atoms with Crippen molar-refractivity contribution in [1.82, 2.24) is 0 Å². The van der Waals surface area contributed by atoms with E-state index in [1.807, 2.05) is 12.1 Å². The normalized spacial score (nSPS) is 16.1. The Hall–Kier alpha value is -2.21. The average molecular weight is 350 g/mol. The molecule has 0 spiro atoms. The summed E-state index contributed by atoms with van der Waals surface area (Å²) in [7, 11) is 0. The number of piperidine rings is 1. The van der Waals surface area contributed by atoms with Gasteiger partial charge in [0.2, 0.25) is 0 Å². The SMILES string of the molecule is NCc1ccc(N2CCC(c3ccc(OC(F)(F)F)cc3)CC2)cc1. The van der Waals surface area contributed by atoms with Gasteiger partial charge >= 0.3 is 6.36 Å². The first-order valence-corrected chi connectivity index (χ1v) is 8.34. The van der Waals surface area contributed by atoms with Crippen LogP contribution >= 0.6 is 0 Å². The van der Waals surface area contributed by atoms with Crippen LogP contribution in [0.4, 0.5) is 18.9 Å². The van der Waals surface area contributed by atoms with E-state index in [9.17, 15) is 13.2 Å². The lowest BCUT2D eigenvalue weighted by atomic mass is 9.89. The largest absolute Gasteiger partial charge is 0.573 e. The van der Waals surface area contributed by atoms with Crippen molar-refractivity contribution in [2.45, 2.75) is 31.7 Å². The van der Waals surface area contributed by atoms with Crippen molar-refractivity contribution in [2.75, 3.05) is 18.0 Å². The average Bonchev–Trinajstić information content (AvgIpc) is 2.61. The minimum absolute atomic E-state index is 0.173. The number of hydrogen-bond donors (Lipinski definition) is 1. The number of nitrogens with zero attached hydrogens (tertiary/aromatic N) is 1. The van der Waals surface area contributed by atoms with Gasteiger partial charge in [-0.2, -0.15) is 0 Å². The molecule has 0 aliphatic carbocycles. The quantitative estimate of drug-likeness (QED) is 0.887. The highest BCUT2D eigenvalue weighted by Crippen LogP contribution is 2.32. The molecule has 134 valence electrons. The molecular formula is C19H21F3N2O. The van der Waals surface area contributed by atoms with Crippen LogP contribution in [0.2, 0.25) is 0 Å². The Kier molecular flexibility index (Phi) is 5.18. The van der Waals surface area contributed by atoms with Crippen LogP contribution in [0.25, 0.3) is 0 Å². The molecule has 0 aromatic heterocycles. The predicted octanol–water partition coefficient (Wildman–Crippen LogP) is 4.43. The third-order valence-electron chi connectivity index (χ3n) is 4.62. The first kappa shape index (κ1) is 17.6. The number of nitrogens with two attached hydrogens (primary N) is 1. The molecule has 2 N–H and O–H groups in total. The molecular weight excluding hydrogens is 329 g/mol. The molecule has 0 atom stereocenters. The van der Waals surface area contributed by atoms with Crippen molar-refractivity contribution < 1.29 is 17.9 Å². The van der Waals surface area contributed by atoms with Crippen LogP contribution in [0, 0.1) is 0 Å². The fourth-order valence-electron chi connectivity index (χ4n) is 3.26. The van der Waals surface area contributed by atoms with Crippen molar-refractivity contribution >= 4 is 5.69 Å². The summed E-state index contributed by atoms with van der Waals surface area (Å²) in [4.78, 5) is 2.33. The Labute approximate surface area is 145 Å². The number of halogens is 3. The van der Waals surface area contributed by atoms with Gasteiger partial charge in [-0.3, -0.25) is 0 Å². The minimum Gasteiger partial charge on any atom is -0.406 e. The summed E-state index contributed by atoms with van der Waals surface area (Å²) in [6.45, 7) is 2.39. The second kappa shape index (κ2) is 7.35. The number of ether oxygens (including phenoxy) is 1. The fraction of sp³-hybridized carbons (Fsp3) is 0.368. The predicted molar refractivity (Wildman–Crippen MR) is 91.6 cm³/mol. The van der Waals surface area contributed by atoms with Gasteiger partial charge < -0.3 is 15.4 Å². The first-order valence-electron chi connectivity index (χ1n) is 8.34. The van der Waals surface area contributed by atoms with Crippen LogP contribution in [0.15, 0.2) is 48.5 Å². The molecule has 1 aliphatic rings. The lowest BCUT2D eigenvalue weighted by Crippen LogP contribution is -2.32. The van der Waals surface area contributed by atoms with Crippen molar-refractivity contribution in [2.24, 2.45) is 5.73 Å². The molecule has 0 saturated carbocycles. The molecule has 1 fully saturated rings. The smallest absolute Gasteiger partial charge is 0.406 e. The molecule has 2 aromatic rings. The van der Waals surface area contributed by atoms with Crippen molar-refractivity contribution in [3.8, 4) is 5.75 Å². The van der Waals surface area contributed by atoms with Gasteiger partial charge in [-0.15, -0.1) is 13.2 Å². The lowest BCUT2D eigenvalue weighted by molar-refractivity contribution is -0.274. The van der Waals surface area contributed by atoms with Gasteiger partial charge in [-0.25, -0.2) is 0 Å². The van der Waals surface area contributed by atoms with Crippen LogP contribution in [0.1, 0.15) is 29.9 Å². The molecule has 2 aromatic carbocycles.